The lowest BCUT2D eigenvalue weighted by Crippen LogP contribution is -2.37. The SMILES string of the molecule is CC1=CC2(C)CC1C(C)C2C1C=CCCO1. The van der Waals surface area contributed by atoms with Gasteiger partial charge in [0, 0.05) is 5.92 Å². The number of ether oxygens (including phenoxy) is 1. The first-order valence-electron chi connectivity index (χ1n) is 6.59. The molecular formula is C15H22O. The zero-order valence-electron chi connectivity index (χ0n) is 10.6. The standard InChI is InChI=1S/C15H22O/c1-10-8-15(3)9-12(10)11(2)14(15)13-6-4-5-7-16-13/h4,6,8,11-14H,5,7,9H2,1-3H3. The summed E-state index contributed by atoms with van der Waals surface area (Å²) in [5, 5.41) is 0. The molecular weight excluding hydrogens is 196 g/mol. The molecule has 2 aliphatic carbocycles. The Morgan fingerprint density at radius 1 is 1.44 bits per heavy atom. The fourth-order valence-electron chi connectivity index (χ4n) is 4.46. The van der Waals surface area contributed by atoms with Crippen LogP contribution in [0.1, 0.15) is 33.6 Å². The van der Waals surface area contributed by atoms with E-state index in [4.69, 9.17) is 4.74 Å². The van der Waals surface area contributed by atoms with Crippen molar-refractivity contribution in [2.75, 3.05) is 6.61 Å². The van der Waals surface area contributed by atoms with Gasteiger partial charge in [0.25, 0.3) is 0 Å². The van der Waals surface area contributed by atoms with E-state index in [1.54, 1.807) is 5.57 Å². The molecule has 0 aromatic carbocycles. The molecule has 1 heteroatoms. The summed E-state index contributed by atoms with van der Waals surface area (Å²) < 4.78 is 5.97. The van der Waals surface area contributed by atoms with Gasteiger partial charge in [-0.05, 0) is 37.0 Å². The fourth-order valence-corrected chi connectivity index (χ4v) is 4.46. The minimum absolute atomic E-state index is 0.364. The summed E-state index contributed by atoms with van der Waals surface area (Å²) in [5.74, 6) is 2.29. The highest BCUT2D eigenvalue weighted by Gasteiger charge is 2.54. The van der Waals surface area contributed by atoms with Crippen LogP contribution in [0.25, 0.3) is 0 Å². The first-order chi connectivity index (χ1) is 7.62. The van der Waals surface area contributed by atoms with Gasteiger partial charge in [-0.15, -0.1) is 0 Å². The molecule has 16 heavy (non-hydrogen) atoms. The summed E-state index contributed by atoms with van der Waals surface area (Å²) in [7, 11) is 0. The average molecular weight is 218 g/mol. The summed E-state index contributed by atoms with van der Waals surface area (Å²) in [5.41, 5.74) is 2.01. The van der Waals surface area contributed by atoms with E-state index in [0.29, 0.717) is 17.4 Å². The third-order valence-electron chi connectivity index (χ3n) is 5.04. The number of rotatable bonds is 1. The first-order valence-corrected chi connectivity index (χ1v) is 6.59. The minimum atomic E-state index is 0.364. The third kappa shape index (κ3) is 1.34. The number of hydrogen-bond acceptors (Lipinski definition) is 1. The van der Waals surface area contributed by atoms with E-state index in [2.05, 4.69) is 39.0 Å². The molecule has 0 aromatic rings. The van der Waals surface area contributed by atoms with Crippen molar-refractivity contribution in [2.24, 2.45) is 23.2 Å². The second kappa shape index (κ2) is 3.46. The molecule has 0 saturated heterocycles. The van der Waals surface area contributed by atoms with Gasteiger partial charge in [0.15, 0.2) is 0 Å². The summed E-state index contributed by atoms with van der Waals surface area (Å²) in [6.45, 7) is 8.06. The Morgan fingerprint density at radius 2 is 2.25 bits per heavy atom. The Balaban J connectivity index is 1.91. The molecule has 0 N–H and O–H groups in total. The molecule has 0 spiro atoms. The molecule has 5 unspecified atom stereocenters. The Kier molecular flexibility index (Phi) is 2.29. The lowest BCUT2D eigenvalue weighted by Gasteiger charge is -2.39. The monoisotopic (exact) mass is 218 g/mol. The van der Waals surface area contributed by atoms with Gasteiger partial charge in [-0.2, -0.15) is 0 Å². The van der Waals surface area contributed by atoms with Crippen molar-refractivity contribution < 1.29 is 4.74 Å². The summed E-state index contributed by atoms with van der Waals surface area (Å²) in [4.78, 5) is 0. The van der Waals surface area contributed by atoms with Crippen molar-refractivity contribution in [1.29, 1.82) is 0 Å². The van der Waals surface area contributed by atoms with Gasteiger partial charge in [-0.3, -0.25) is 0 Å². The first kappa shape index (κ1) is 10.6. The van der Waals surface area contributed by atoms with Crippen molar-refractivity contribution in [3.05, 3.63) is 23.8 Å². The van der Waals surface area contributed by atoms with E-state index in [1.165, 1.54) is 6.42 Å². The van der Waals surface area contributed by atoms with Gasteiger partial charge < -0.3 is 4.74 Å². The van der Waals surface area contributed by atoms with Crippen LogP contribution < -0.4 is 0 Å². The number of allylic oxidation sites excluding steroid dienone is 2. The molecule has 5 atom stereocenters. The van der Waals surface area contributed by atoms with Crippen LogP contribution >= 0.6 is 0 Å². The van der Waals surface area contributed by atoms with Gasteiger partial charge in [0.1, 0.15) is 0 Å². The van der Waals surface area contributed by atoms with Gasteiger partial charge in [0.05, 0.1) is 12.7 Å². The largest absolute Gasteiger partial charge is 0.374 e. The van der Waals surface area contributed by atoms with E-state index < -0.39 is 0 Å². The van der Waals surface area contributed by atoms with Crippen LogP contribution in [-0.4, -0.2) is 12.7 Å². The molecule has 0 aromatic heterocycles. The second-order valence-electron chi connectivity index (χ2n) is 6.14. The predicted molar refractivity (Wildman–Crippen MR) is 66.1 cm³/mol. The molecule has 1 aliphatic heterocycles. The van der Waals surface area contributed by atoms with Crippen molar-refractivity contribution >= 4 is 0 Å². The zero-order valence-corrected chi connectivity index (χ0v) is 10.6. The van der Waals surface area contributed by atoms with Crippen molar-refractivity contribution in [2.45, 2.75) is 39.7 Å². The van der Waals surface area contributed by atoms with Gasteiger partial charge >= 0.3 is 0 Å². The zero-order chi connectivity index (χ0) is 11.3. The predicted octanol–water partition coefficient (Wildman–Crippen LogP) is 3.57. The summed E-state index contributed by atoms with van der Waals surface area (Å²) in [6, 6.07) is 0. The molecule has 1 fully saturated rings. The van der Waals surface area contributed by atoms with Gasteiger partial charge in [-0.25, -0.2) is 0 Å². The summed E-state index contributed by atoms with van der Waals surface area (Å²) >= 11 is 0. The van der Waals surface area contributed by atoms with Crippen molar-refractivity contribution in [3.8, 4) is 0 Å². The molecule has 2 bridgehead atoms. The topological polar surface area (TPSA) is 9.23 Å². The van der Waals surface area contributed by atoms with Crippen LogP contribution in [0.2, 0.25) is 0 Å². The normalized spacial score (nSPS) is 50.8. The lowest BCUT2D eigenvalue weighted by atomic mass is 9.70. The van der Waals surface area contributed by atoms with Crippen LogP contribution in [0.4, 0.5) is 0 Å². The van der Waals surface area contributed by atoms with Crippen molar-refractivity contribution in [1.82, 2.24) is 0 Å². The maximum absolute atomic E-state index is 5.97. The van der Waals surface area contributed by atoms with Crippen LogP contribution in [0.3, 0.4) is 0 Å². The highest BCUT2D eigenvalue weighted by molar-refractivity contribution is 5.28. The molecule has 0 radical (unpaired) electrons. The molecule has 1 saturated carbocycles. The quantitative estimate of drug-likeness (QED) is 0.611. The molecule has 1 nitrogen and oxygen atoms in total. The maximum atomic E-state index is 5.97. The lowest BCUT2D eigenvalue weighted by molar-refractivity contribution is -0.00221. The smallest absolute Gasteiger partial charge is 0.0795 e. The highest BCUT2D eigenvalue weighted by atomic mass is 16.5. The second-order valence-corrected chi connectivity index (χ2v) is 6.14. The number of hydrogen-bond donors (Lipinski definition) is 0. The highest BCUT2D eigenvalue weighted by Crippen LogP contribution is 2.60. The molecule has 3 rings (SSSR count). The van der Waals surface area contributed by atoms with Crippen LogP contribution in [0, 0.1) is 23.2 Å². The molecule has 3 aliphatic rings. The van der Waals surface area contributed by atoms with E-state index in [1.807, 2.05) is 0 Å². The number of fused-ring (bicyclic) bond motifs is 2. The Labute approximate surface area is 98.6 Å². The molecule has 1 heterocycles. The maximum Gasteiger partial charge on any atom is 0.0795 e. The van der Waals surface area contributed by atoms with Crippen molar-refractivity contribution in [3.63, 3.8) is 0 Å². The molecule has 88 valence electrons. The van der Waals surface area contributed by atoms with Crippen LogP contribution in [0.15, 0.2) is 23.8 Å². The minimum Gasteiger partial charge on any atom is -0.374 e. The van der Waals surface area contributed by atoms with Crippen LogP contribution in [-0.2, 0) is 4.74 Å². The Bertz CT molecular complexity index is 354. The third-order valence-corrected chi connectivity index (χ3v) is 5.04. The van der Waals surface area contributed by atoms with Gasteiger partial charge in [0.2, 0.25) is 0 Å². The average Bonchev–Trinajstić information content (AvgIpc) is 2.68. The van der Waals surface area contributed by atoms with Crippen LogP contribution in [0.5, 0.6) is 0 Å². The Morgan fingerprint density at radius 3 is 2.81 bits per heavy atom. The summed E-state index contributed by atoms with van der Waals surface area (Å²) in [6.07, 6.45) is 9.93. The molecule has 0 amide bonds. The van der Waals surface area contributed by atoms with E-state index in [9.17, 15) is 0 Å². The van der Waals surface area contributed by atoms with E-state index in [0.717, 1.165) is 24.9 Å². The van der Waals surface area contributed by atoms with E-state index >= 15 is 0 Å². The van der Waals surface area contributed by atoms with E-state index in [-0.39, 0.29) is 0 Å². The van der Waals surface area contributed by atoms with Gasteiger partial charge in [-0.1, -0.05) is 37.6 Å². The fraction of sp³-hybridized carbons (Fsp3) is 0.733. The Hall–Kier alpha value is -0.560.